The van der Waals surface area contributed by atoms with Crippen LogP contribution in [0.5, 0.6) is 0 Å². The molecule has 0 aliphatic rings. The van der Waals surface area contributed by atoms with E-state index in [0.29, 0.717) is 12.2 Å². The molecule has 0 unspecified atom stereocenters. The summed E-state index contributed by atoms with van der Waals surface area (Å²) in [6.45, 7) is 2.31. The lowest BCUT2D eigenvalue weighted by molar-refractivity contribution is 0.581. The van der Waals surface area contributed by atoms with Crippen molar-refractivity contribution in [2.75, 3.05) is 6.54 Å². The Morgan fingerprint density at radius 1 is 1.00 bits per heavy atom. The number of thiazole rings is 1. The highest BCUT2D eigenvalue weighted by Crippen LogP contribution is 2.24. The monoisotopic (exact) mass is 448 g/mol. The Hall–Kier alpha value is -3.07. The summed E-state index contributed by atoms with van der Waals surface area (Å²) in [5.41, 5.74) is 3.04. The number of rotatable bonds is 6. The fraction of sp³-hybridized carbons (Fsp3) is 0.130. The Labute approximate surface area is 184 Å². The number of hydrogen-bond donors (Lipinski definition) is 1. The second-order valence-electron chi connectivity index (χ2n) is 7.33. The summed E-state index contributed by atoms with van der Waals surface area (Å²) < 4.78 is 30.0. The summed E-state index contributed by atoms with van der Waals surface area (Å²) in [6, 6.07) is 20.9. The summed E-state index contributed by atoms with van der Waals surface area (Å²) in [7, 11) is -3.59. The first-order valence-corrected chi connectivity index (χ1v) is 12.3. The van der Waals surface area contributed by atoms with E-state index in [1.54, 1.807) is 16.6 Å². The van der Waals surface area contributed by atoms with Crippen LogP contribution in [-0.4, -0.2) is 29.6 Å². The van der Waals surface area contributed by atoms with Crippen LogP contribution in [0.3, 0.4) is 0 Å². The zero-order valence-electron chi connectivity index (χ0n) is 16.8. The molecule has 0 aliphatic carbocycles. The van der Waals surface area contributed by atoms with E-state index in [0.717, 1.165) is 32.6 Å². The minimum Gasteiger partial charge on any atom is -0.211 e. The lowest BCUT2D eigenvalue weighted by Gasteiger charge is -2.07. The predicted molar refractivity (Wildman–Crippen MR) is 124 cm³/mol. The number of benzene rings is 3. The minimum atomic E-state index is -3.59. The number of nitrogens with zero attached hydrogens (tertiary/aromatic N) is 3. The van der Waals surface area contributed by atoms with Crippen LogP contribution in [0.15, 0.2) is 77.0 Å². The fourth-order valence-electron chi connectivity index (χ4n) is 3.57. The van der Waals surface area contributed by atoms with E-state index < -0.39 is 10.0 Å². The van der Waals surface area contributed by atoms with Crippen LogP contribution < -0.4 is 4.72 Å². The summed E-state index contributed by atoms with van der Waals surface area (Å²) in [4.78, 5) is 5.69. The third kappa shape index (κ3) is 3.85. The normalized spacial score (nSPS) is 12.0. The Bertz CT molecular complexity index is 1500. The smallest absolute Gasteiger partial charge is 0.211 e. The molecule has 0 fully saturated rings. The molecule has 0 saturated heterocycles. The van der Waals surface area contributed by atoms with Gasteiger partial charge < -0.3 is 0 Å². The van der Waals surface area contributed by atoms with Gasteiger partial charge in [0.05, 0.1) is 10.6 Å². The molecule has 3 aromatic carbocycles. The first kappa shape index (κ1) is 19.9. The highest BCUT2D eigenvalue weighted by Gasteiger charge is 2.16. The minimum absolute atomic E-state index is 0.268. The van der Waals surface area contributed by atoms with Crippen molar-refractivity contribution in [1.82, 2.24) is 19.3 Å². The molecule has 2 aromatic heterocycles. The number of sulfonamides is 1. The second-order valence-corrected chi connectivity index (χ2v) is 9.93. The van der Waals surface area contributed by atoms with Crippen LogP contribution in [0.2, 0.25) is 0 Å². The quantitative estimate of drug-likeness (QED) is 0.417. The predicted octanol–water partition coefficient (Wildman–Crippen LogP) is 4.44. The van der Waals surface area contributed by atoms with Crippen molar-refractivity contribution >= 4 is 37.1 Å². The van der Waals surface area contributed by atoms with E-state index in [4.69, 9.17) is 0 Å². The van der Waals surface area contributed by atoms with Crippen LogP contribution in [-0.2, 0) is 16.4 Å². The van der Waals surface area contributed by atoms with E-state index in [-0.39, 0.29) is 11.4 Å². The molecule has 31 heavy (non-hydrogen) atoms. The maximum absolute atomic E-state index is 12.8. The molecular weight excluding hydrogens is 428 g/mol. The van der Waals surface area contributed by atoms with Gasteiger partial charge in [-0.25, -0.2) is 17.7 Å². The molecule has 8 heteroatoms. The van der Waals surface area contributed by atoms with E-state index in [1.807, 2.05) is 66.9 Å². The molecule has 5 aromatic rings. The topological polar surface area (TPSA) is 76.4 Å². The van der Waals surface area contributed by atoms with E-state index in [2.05, 4.69) is 14.8 Å². The number of fused-ring (bicyclic) bond motifs is 2. The maximum atomic E-state index is 12.8. The zero-order valence-corrected chi connectivity index (χ0v) is 18.5. The van der Waals surface area contributed by atoms with Crippen LogP contribution >= 0.6 is 11.3 Å². The van der Waals surface area contributed by atoms with E-state index >= 15 is 0 Å². The molecule has 0 radical (unpaired) electrons. The van der Waals surface area contributed by atoms with Gasteiger partial charge in [0.1, 0.15) is 0 Å². The zero-order chi connectivity index (χ0) is 21.4. The van der Waals surface area contributed by atoms with Crippen molar-refractivity contribution < 1.29 is 8.42 Å². The van der Waals surface area contributed by atoms with Crippen molar-refractivity contribution in [3.63, 3.8) is 0 Å². The molecule has 0 saturated carbocycles. The standard InChI is InChI=1S/C23H20N4O2S2/c1-16-6-2-5-9-21(16)22-25-23-27(26-22)19(15-30-23)12-13-24-31(28,29)20-11-10-17-7-3-4-8-18(17)14-20/h2-11,14-15,24H,12-13H2,1H3. The van der Waals surface area contributed by atoms with Crippen molar-refractivity contribution in [3.05, 3.63) is 83.4 Å². The number of nitrogens with one attached hydrogen (secondary N) is 1. The molecule has 0 aliphatic heterocycles. The Balaban J connectivity index is 1.33. The summed E-state index contributed by atoms with van der Waals surface area (Å²) in [5.74, 6) is 0.683. The van der Waals surface area contributed by atoms with Gasteiger partial charge in [-0.2, -0.15) is 4.98 Å². The van der Waals surface area contributed by atoms with Gasteiger partial charge in [-0.1, -0.05) is 54.6 Å². The van der Waals surface area contributed by atoms with Crippen molar-refractivity contribution in [3.8, 4) is 11.4 Å². The van der Waals surface area contributed by atoms with Gasteiger partial charge in [-0.15, -0.1) is 16.4 Å². The van der Waals surface area contributed by atoms with Gasteiger partial charge in [0, 0.05) is 23.9 Å². The van der Waals surface area contributed by atoms with Gasteiger partial charge >= 0.3 is 0 Å². The van der Waals surface area contributed by atoms with E-state index in [9.17, 15) is 8.42 Å². The average Bonchev–Trinajstić information content (AvgIpc) is 3.35. The Kier molecular flexibility index (Phi) is 5.05. The highest BCUT2D eigenvalue weighted by molar-refractivity contribution is 7.89. The summed E-state index contributed by atoms with van der Waals surface area (Å²) >= 11 is 1.50. The van der Waals surface area contributed by atoms with E-state index in [1.165, 1.54) is 11.3 Å². The van der Waals surface area contributed by atoms with Crippen LogP contribution in [0.1, 0.15) is 11.3 Å². The van der Waals surface area contributed by atoms with Gasteiger partial charge in [-0.3, -0.25) is 0 Å². The maximum Gasteiger partial charge on any atom is 0.240 e. The molecule has 2 heterocycles. The molecule has 0 atom stereocenters. The largest absolute Gasteiger partial charge is 0.240 e. The fourth-order valence-corrected chi connectivity index (χ4v) is 5.49. The Morgan fingerprint density at radius 2 is 1.77 bits per heavy atom. The third-order valence-corrected chi connectivity index (χ3v) is 7.56. The van der Waals surface area contributed by atoms with Gasteiger partial charge in [0.15, 0.2) is 5.82 Å². The molecule has 156 valence electrons. The molecule has 6 nitrogen and oxygen atoms in total. The average molecular weight is 449 g/mol. The van der Waals surface area contributed by atoms with Crippen molar-refractivity contribution in [1.29, 1.82) is 0 Å². The van der Waals surface area contributed by atoms with Crippen molar-refractivity contribution in [2.24, 2.45) is 0 Å². The number of aromatic nitrogens is 3. The summed E-state index contributed by atoms with van der Waals surface area (Å²) in [5, 5.41) is 8.53. The lowest BCUT2D eigenvalue weighted by Crippen LogP contribution is -2.26. The molecule has 0 bridgehead atoms. The first-order chi connectivity index (χ1) is 15.0. The number of hydrogen-bond acceptors (Lipinski definition) is 5. The third-order valence-electron chi connectivity index (χ3n) is 5.24. The van der Waals surface area contributed by atoms with Gasteiger partial charge in [-0.05, 0) is 35.4 Å². The van der Waals surface area contributed by atoms with Crippen LogP contribution in [0.25, 0.3) is 27.1 Å². The summed E-state index contributed by atoms with van der Waals surface area (Å²) in [6.07, 6.45) is 0.517. The van der Waals surface area contributed by atoms with Crippen LogP contribution in [0.4, 0.5) is 0 Å². The van der Waals surface area contributed by atoms with Crippen LogP contribution in [0, 0.1) is 6.92 Å². The molecule has 0 spiro atoms. The molecule has 1 N–H and O–H groups in total. The van der Waals surface area contributed by atoms with Gasteiger partial charge in [0.25, 0.3) is 0 Å². The highest BCUT2D eigenvalue weighted by atomic mass is 32.2. The molecule has 0 amide bonds. The molecule has 5 rings (SSSR count). The number of aryl methyl sites for hydroxylation is 1. The second kappa shape index (κ2) is 7.88. The van der Waals surface area contributed by atoms with Crippen molar-refractivity contribution in [2.45, 2.75) is 18.2 Å². The SMILES string of the molecule is Cc1ccccc1-c1nc2scc(CCNS(=O)(=O)c3ccc4ccccc4c3)n2n1. The molecular formula is C23H20N4O2S2. The first-order valence-electron chi connectivity index (χ1n) is 9.89. The van der Waals surface area contributed by atoms with Gasteiger partial charge in [0.2, 0.25) is 15.0 Å². The lowest BCUT2D eigenvalue weighted by atomic mass is 10.1. The Morgan fingerprint density at radius 3 is 2.61 bits per heavy atom.